The number of hydrogen-bond acceptors (Lipinski definition) is 3. The molecule has 18 heavy (non-hydrogen) atoms. The Morgan fingerprint density at radius 3 is 2.11 bits per heavy atom. The van der Waals surface area contributed by atoms with Gasteiger partial charge in [-0.1, -0.05) is 6.07 Å². The molecule has 0 amide bonds. The Kier molecular flexibility index (Phi) is 4.08. The average molecular weight is 270 g/mol. The highest BCUT2D eigenvalue weighted by atomic mass is 32.2. The van der Waals surface area contributed by atoms with Crippen molar-refractivity contribution < 1.29 is 8.42 Å². The molecule has 0 saturated carbocycles. The number of nitrogen functional groups attached to an aromatic ring is 1. The molecule has 1 aromatic carbocycles. The third-order valence-corrected chi connectivity index (χ3v) is 5.65. The van der Waals surface area contributed by atoms with Gasteiger partial charge in [-0.15, -0.1) is 0 Å². The van der Waals surface area contributed by atoms with Crippen molar-refractivity contribution in [3.63, 3.8) is 0 Å². The van der Waals surface area contributed by atoms with Crippen molar-refractivity contribution in [2.24, 2.45) is 0 Å². The highest BCUT2D eigenvalue weighted by Gasteiger charge is 2.27. The Labute approximate surface area is 110 Å². The first-order chi connectivity index (χ1) is 8.10. The van der Waals surface area contributed by atoms with E-state index < -0.39 is 10.0 Å². The van der Waals surface area contributed by atoms with Gasteiger partial charge >= 0.3 is 0 Å². The highest BCUT2D eigenvalue weighted by Crippen LogP contribution is 2.30. The fourth-order valence-corrected chi connectivity index (χ4v) is 3.81. The van der Waals surface area contributed by atoms with Crippen molar-refractivity contribution in [2.75, 3.05) is 12.8 Å². The molecule has 0 aliphatic heterocycles. The van der Waals surface area contributed by atoms with Gasteiger partial charge in [0.05, 0.1) is 4.90 Å². The predicted molar refractivity (Wildman–Crippen MR) is 75.2 cm³/mol. The molecule has 0 atom stereocenters. The van der Waals surface area contributed by atoms with Gasteiger partial charge in [0.15, 0.2) is 0 Å². The van der Waals surface area contributed by atoms with Crippen LogP contribution in [0.3, 0.4) is 0 Å². The van der Waals surface area contributed by atoms with Gasteiger partial charge < -0.3 is 5.73 Å². The molecule has 0 radical (unpaired) electrons. The minimum absolute atomic E-state index is 0.0867. The minimum atomic E-state index is -3.49. The summed E-state index contributed by atoms with van der Waals surface area (Å²) in [4.78, 5) is 0.335. The molecule has 0 fully saturated rings. The molecule has 0 aliphatic carbocycles. The zero-order valence-corrected chi connectivity index (χ0v) is 12.7. The van der Waals surface area contributed by atoms with E-state index >= 15 is 0 Å². The summed E-state index contributed by atoms with van der Waals surface area (Å²) in [5.74, 6) is 0. The Morgan fingerprint density at radius 2 is 1.67 bits per heavy atom. The maximum atomic E-state index is 12.5. The second-order valence-electron chi connectivity index (χ2n) is 4.99. The Hall–Kier alpha value is -1.07. The van der Waals surface area contributed by atoms with Gasteiger partial charge in [0, 0.05) is 18.8 Å². The fraction of sp³-hybridized carbons (Fsp3) is 0.538. The van der Waals surface area contributed by atoms with E-state index in [2.05, 4.69) is 0 Å². The molecule has 0 bridgehead atoms. The largest absolute Gasteiger partial charge is 0.398 e. The average Bonchev–Trinajstić information content (AvgIpc) is 2.24. The summed E-state index contributed by atoms with van der Waals surface area (Å²) in [5, 5.41) is 0. The molecule has 102 valence electrons. The molecule has 0 aromatic heterocycles. The van der Waals surface area contributed by atoms with E-state index in [1.807, 2.05) is 26.8 Å². The molecule has 4 nitrogen and oxygen atoms in total. The number of nitrogens with two attached hydrogens (primary N) is 1. The lowest BCUT2D eigenvalue weighted by Gasteiger charge is -2.24. The molecule has 1 rings (SSSR count). The van der Waals surface area contributed by atoms with E-state index in [9.17, 15) is 8.42 Å². The van der Waals surface area contributed by atoms with Crippen LogP contribution in [0.2, 0.25) is 0 Å². The lowest BCUT2D eigenvalue weighted by atomic mass is 10.1. The standard InChI is InChI=1S/C13H22N2O2S/c1-8(2)15(6)18(16,17)13-10(4)7-9(3)12(14)11(13)5/h7-8H,14H2,1-6H3. The van der Waals surface area contributed by atoms with Crippen molar-refractivity contribution in [3.8, 4) is 0 Å². The molecule has 0 saturated heterocycles. The van der Waals surface area contributed by atoms with Gasteiger partial charge in [0.2, 0.25) is 10.0 Å². The number of sulfonamides is 1. The normalized spacial score (nSPS) is 12.4. The van der Waals surface area contributed by atoms with Crippen LogP contribution in [0.1, 0.15) is 30.5 Å². The van der Waals surface area contributed by atoms with Gasteiger partial charge in [0.1, 0.15) is 0 Å². The third-order valence-electron chi connectivity index (χ3n) is 3.32. The molecular formula is C13H22N2O2S. The van der Waals surface area contributed by atoms with Gasteiger partial charge in [-0.05, 0) is 51.3 Å². The smallest absolute Gasteiger partial charge is 0.243 e. The van der Waals surface area contributed by atoms with Crippen LogP contribution in [0.5, 0.6) is 0 Å². The quantitative estimate of drug-likeness (QED) is 0.857. The van der Waals surface area contributed by atoms with E-state index in [0.29, 0.717) is 16.1 Å². The Morgan fingerprint density at radius 1 is 1.17 bits per heavy atom. The predicted octanol–water partition coefficient (Wildman–Crippen LogP) is 2.22. The van der Waals surface area contributed by atoms with Crippen LogP contribution in [0.25, 0.3) is 0 Å². The van der Waals surface area contributed by atoms with Crippen LogP contribution in [0.4, 0.5) is 5.69 Å². The summed E-state index contributed by atoms with van der Waals surface area (Å²) in [6.45, 7) is 9.15. The van der Waals surface area contributed by atoms with Crippen molar-refractivity contribution in [1.82, 2.24) is 4.31 Å². The molecule has 0 spiro atoms. The van der Waals surface area contributed by atoms with E-state index in [-0.39, 0.29) is 6.04 Å². The first kappa shape index (κ1) is 15.0. The zero-order valence-electron chi connectivity index (χ0n) is 11.9. The molecule has 5 heteroatoms. The molecule has 1 aromatic rings. The first-order valence-electron chi connectivity index (χ1n) is 5.95. The van der Waals surface area contributed by atoms with Gasteiger partial charge in [-0.2, -0.15) is 4.31 Å². The van der Waals surface area contributed by atoms with Crippen molar-refractivity contribution in [1.29, 1.82) is 0 Å². The highest BCUT2D eigenvalue weighted by molar-refractivity contribution is 7.89. The maximum Gasteiger partial charge on any atom is 0.243 e. The summed E-state index contributed by atoms with van der Waals surface area (Å²) in [6, 6.07) is 1.74. The van der Waals surface area contributed by atoms with Gasteiger partial charge in [-0.3, -0.25) is 0 Å². The summed E-state index contributed by atoms with van der Waals surface area (Å²) >= 11 is 0. The number of hydrogen-bond donors (Lipinski definition) is 1. The molecule has 0 heterocycles. The fourth-order valence-electron chi connectivity index (χ4n) is 2.00. The first-order valence-corrected chi connectivity index (χ1v) is 7.39. The molecule has 0 aliphatic rings. The maximum absolute atomic E-state index is 12.5. The van der Waals surface area contributed by atoms with Gasteiger partial charge in [-0.25, -0.2) is 8.42 Å². The lowest BCUT2D eigenvalue weighted by Crippen LogP contribution is -2.34. The van der Waals surface area contributed by atoms with Crippen LogP contribution in [0, 0.1) is 20.8 Å². The van der Waals surface area contributed by atoms with Crippen molar-refractivity contribution in [2.45, 2.75) is 45.6 Å². The lowest BCUT2D eigenvalue weighted by molar-refractivity contribution is 0.410. The summed E-state index contributed by atoms with van der Waals surface area (Å²) in [5.41, 5.74) is 8.79. The van der Waals surface area contributed by atoms with Gasteiger partial charge in [0.25, 0.3) is 0 Å². The molecule has 2 N–H and O–H groups in total. The van der Waals surface area contributed by atoms with Crippen LogP contribution in [0.15, 0.2) is 11.0 Å². The van der Waals surface area contributed by atoms with Crippen LogP contribution >= 0.6 is 0 Å². The van der Waals surface area contributed by atoms with E-state index in [4.69, 9.17) is 5.73 Å². The number of nitrogens with zero attached hydrogens (tertiary/aromatic N) is 1. The summed E-state index contributed by atoms with van der Waals surface area (Å²) < 4.78 is 26.5. The topological polar surface area (TPSA) is 63.4 Å². The number of anilines is 1. The Balaban J connectivity index is 3.57. The molecular weight excluding hydrogens is 248 g/mol. The van der Waals surface area contributed by atoms with Crippen molar-refractivity contribution >= 4 is 15.7 Å². The van der Waals surface area contributed by atoms with Crippen LogP contribution in [-0.4, -0.2) is 25.8 Å². The zero-order chi connectivity index (χ0) is 14.2. The summed E-state index contributed by atoms with van der Waals surface area (Å²) in [7, 11) is -1.89. The third kappa shape index (κ3) is 2.37. The Bertz CT molecular complexity index is 563. The van der Waals surface area contributed by atoms with E-state index in [1.54, 1.807) is 20.9 Å². The number of benzene rings is 1. The van der Waals surface area contributed by atoms with Crippen LogP contribution < -0.4 is 5.73 Å². The SMILES string of the molecule is Cc1cc(C)c(S(=O)(=O)N(C)C(C)C)c(C)c1N. The second-order valence-corrected chi connectivity index (χ2v) is 6.93. The molecule has 0 unspecified atom stereocenters. The summed E-state index contributed by atoms with van der Waals surface area (Å²) in [6.07, 6.45) is 0. The van der Waals surface area contributed by atoms with E-state index in [1.165, 1.54) is 4.31 Å². The monoisotopic (exact) mass is 270 g/mol. The van der Waals surface area contributed by atoms with Crippen molar-refractivity contribution in [3.05, 3.63) is 22.8 Å². The van der Waals surface area contributed by atoms with E-state index in [0.717, 1.165) is 11.1 Å². The number of aryl methyl sites for hydroxylation is 2. The minimum Gasteiger partial charge on any atom is -0.398 e. The van der Waals surface area contributed by atoms with Crippen LogP contribution in [-0.2, 0) is 10.0 Å². The second kappa shape index (κ2) is 4.90. The number of rotatable bonds is 3.